The molecule has 0 saturated carbocycles. The van der Waals surface area contributed by atoms with Crippen molar-refractivity contribution >= 4 is 29.1 Å². The highest BCUT2D eigenvalue weighted by atomic mass is 35.5. The fourth-order valence-corrected chi connectivity index (χ4v) is 3.85. The highest BCUT2D eigenvalue weighted by Crippen LogP contribution is 2.38. The summed E-state index contributed by atoms with van der Waals surface area (Å²) in [5, 5.41) is 0.732. The van der Waals surface area contributed by atoms with Gasteiger partial charge in [-0.25, -0.2) is 0 Å². The van der Waals surface area contributed by atoms with Gasteiger partial charge in [0.05, 0.1) is 11.6 Å². The maximum atomic E-state index is 6.22. The van der Waals surface area contributed by atoms with E-state index in [9.17, 15) is 0 Å². The molecule has 1 unspecified atom stereocenters. The number of hydrogen-bond donors (Lipinski definition) is 1. The number of anilines is 1. The fraction of sp³-hybridized carbons (Fsp3) is 0.250. The van der Waals surface area contributed by atoms with Gasteiger partial charge >= 0.3 is 0 Å². The summed E-state index contributed by atoms with van der Waals surface area (Å²) in [6, 6.07) is 14.0. The molecule has 3 rings (SSSR count). The van der Waals surface area contributed by atoms with Crippen LogP contribution in [0, 0.1) is 0 Å². The molecule has 1 atom stereocenters. The van der Waals surface area contributed by atoms with Crippen molar-refractivity contribution in [3.63, 3.8) is 0 Å². The van der Waals surface area contributed by atoms with Crippen molar-refractivity contribution < 1.29 is 4.74 Å². The van der Waals surface area contributed by atoms with Crippen LogP contribution in [0.3, 0.4) is 0 Å². The van der Waals surface area contributed by atoms with Crippen LogP contribution in [0.15, 0.2) is 47.4 Å². The van der Waals surface area contributed by atoms with Crippen LogP contribution in [0.5, 0.6) is 5.75 Å². The van der Waals surface area contributed by atoms with E-state index in [1.165, 1.54) is 5.56 Å². The summed E-state index contributed by atoms with van der Waals surface area (Å²) < 4.78 is 5.69. The number of ether oxygens (including phenoxy) is 1. The molecular formula is C16H16ClNOS. The second-order valence-electron chi connectivity index (χ2n) is 4.87. The SMILES string of the molecule is Nc1ccc(SCC2CCOc3ccccc32)c(Cl)c1. The Bertz CT molecular complexity index is 617. The predicted octanol–water partition coefficient (Wildman–Crippen LogP) is 4.58. The smallest absolute Gasteiger partial charge is 0.122 e. The molecule has 2 nitrogen and oxygen atoms in total. The van der Waals surface area contributed by atoms with E-state index in [0.29, 0.717) is 11.6 Å². The van der Waals surface area contributed by atoms with E-state index in [1.807, 2.05) is 30.3 Å². The van der Waals surface area contributed by atoms with Gasteiger partial charge in [-0.15, -0.1) is 11.8 Å². The minimum absolute atomic E-state index is 0.513. The van der Waals surface area contributed by atoms with Crippen LogP contribution in [0.4, 0.5) is 5.69 Å². The predicted molar refractivity (Wildman–Crippen MR) is 85.9 cm³/mol. The number of halogens is 1. The van der Waals surface area contributed by atoms with Crippen LogP contribution in [-0.4, -0.2) is 12.4 Å². The zero-order valence-corrected chi connectivity index (χ0v) is 12.6. The highest BCUT2D eigenvalue weighted by molar-refractivity contribution is 7.99. The molecule has 0 fully saturated rings. The third-order valence-electron chi connectivity index (χ3n) is 3.48. The zero-order valence-electron chi connectivity index (χ0n) is 11.0. The lowest BCUT2D eigenvalue weighted by Gasteiger charge is -2.25. The molecule has 0 bridgehead atoms. The first-order chi connectivity index (χ1) is 9.74. The van der Waals surface area contributed by atoms with Gasteiger partial charge in [-0.2, -0.15) is 0 Å². The van der Waals surface area contributed by atoms with Crippen molar-refractivity contribution in [2.45, 2.75) is 17.2 Å². The van der Waals surface area contributed by atoms with Crippen molar-refractivity contribution in [3.05, 3.63) is 53.1 Å². The standard InChI is InChI=1S/C16H16ClNOS/c17-14-9-12(18)5-6-16(14)20-10-11-7-8-19-15-4-2-1-3-13(11)15/h1-6,9,11H,7-8,10,18H2. The Kier molecular flexibility index (Phi) is 4.08. The Labute approximate surface area is 128 Å². The summed E-state index contributed by atoms with van der Waals surface area (Å²) in [5.41, 5.74) is 7.73. The summed E-state index contributed by atoms with van der Waals surface area (Å²) >= 11 is 8.00. The summed E-state index contributed by atoms with van der Waals surface area (Å²) in [4.78, 5) is 1.09. The fourth-order valence-electron chi connectivity index (χ4n) is 2.41. The summed E-state index contributed by atoms with van der Waals surface area (Å²) in [5.74, 6) is 2.54. The molecule has 0 aromatic heterocycles. The molecule has 0 aliphatic carbocycles. The van der Waals surface area contributed by atoms with Crippen LogP contribution >= 0.6 is 23.4 Å². The molecule has 2 N–H and O–H groups in total. The van der Waals surface area contributed by atoms with Gasteiger partial charge in [-0.1, -0.05) is 29.8 Å². The van der Waals surface area contributed by atoms with Crippen molar-refractivity contribution in [2.24, 2.45) is 0 Å². The third-order valence-corrected chi connectivity index (χ3v) is 5.14. The number of rotatable bonds is 3. The van der Waals surface area contributed by atoms with Crippen molar-refractivity contribution in [1.82, 2.24) is 0 Å². The van der Waals surface area contributed by atoms with Crippen LogP contribution < -0.4 is 10.5 Å². The minimum atomic E-state index is 0.513. The van der Waals surface area contributed by atoms with E-state index in [4.69, 9.17) is 22.1 Å². The van der Waals surface area contributed by atoms with E-state index < -0.39 is 0 Å². The number of thioether (sulfide) groups is 1. The maximum absolute atomic E-state index is 6.22. The molecule has 0 amide bonds. The largest absolute Gasteiger partial charge is 0.493 e. The number of hydrogen-bond acceptors (Lipinski definition) is 3. The summed E-state index contributed by atoms with van der Waals surface area (Å²) in [6.07, 6.45) is 1.05. The van der Waals surface area contributed by atoms with Crippen LogP contribution in [0.2, 0.25) is 5.02 Å². The van der Waals surface area contributed by atoms with Gasteiger partial charge < -0.3 is 10.5 Å². The van der Waals surface area contributed by atoms with E-state index in [1.54, 1.807) is 11.8 Å². The van der Waals surface area contributed by atoms with E-state index in [2.05, 4.69) is 12.1 Å². The van der Waals surface area contributed by atoms with Gasteiger partial charge in [0.15, 0.2) is 0 Å². The van der Waals surface area contributed by atoms with Crippen molar-refractivity contribution in [1.29, 1.82) is 0 Å². The van der Waals surface area contributed by atoms with Gasteiger partial charge in [-0.05, 0) is 36.2 Å². The first-order valence-electron chi connectivity index (χ1n) is 6.63. The Hall–Kier alpha value is -1.32. The average Bonchev–Trinajstić information content (AvgIpc) is 2.46. The summed E-state index contributed by atoms with van der Waals surface area (Å²) in [7, 11) is 0. The van der Waals surface area contributed by atoms with Crippen LogP contribution in [0.25, 0.3) is 0 Å². The molecular weight excluding hydrogens is 290 g/mol. The molecule has 0 radical (unpaired) electrons. The quantitative estimate of drug-likeness (QED) is 0.666. The van der Waals surface area contributed by atoms with E-state index >= 15 is 0 Å². The lowest BCUT2D eigenvalue weighted by molar-refractivity contribution is 0.273. The molecule has 0 spiro atoms. The van der Waals surface area contributed by atoms with Crippen molar-refractivity contribution in [2.75, 3.05) is 18.1 Å². The van der Waals surface area contributed by atoms with Gasteiger partial charge in [0.25, 0.3) is 0 Å². The number of para-hydroxylation sites is 1. The monoisotopic (exact) mass is 305 g/mol. The molecule has 1 aliphatic rings. The third kappa shape index (κ3) is 2.89. The number of nitrogen functional groups attached to an aromatic ring is 1. The first kappa shape index (κ1) is 13.7. The molecule has 20 heavy (non-hydrogen) atoms. The second kappa shape index (κ2) is 5.98. The van der Waals surface area contributed by atoms with Crippen LogP contribution in [0.1, 0.15) is 17.9 Å². The molecule has 4 heteroatoms. The molecule has 1 aliphatic heterocycles. The van der Waals surface area contributed by atoms with Gasteiger partial charge in [0, 0.05) is 22.3 Å². The number of nitrogens with two attached hydrogens (primary N) is 1. The number of fused-ring (bicyclic) bond motifs is 1. The summed E-state index contributed by atoms with van der Waals surface area (Å²) in [6.45, 7) is 0.789. The average molecular weight is 306 g/mol. The lowest BCUT2D eigenvalue weighted by atomic mass is 9.95. The van der Waals surface area contributed by atoms with Gasteiger partial charge in [-0.3, -0.25) is 0 Å². The Morgan fingerprint density at radius 2 is 2.10 bits per heavy atom. The molecule has 2 aromatic carbocycles. The Morgan fingerprint density at radius 3 is 2.95 bits per heavy atom. The van der Waals surface area contributed by atoms with Crippen LogP contribution in [-0.2, 0) is 0 Å². The normalized spacial score (nSPS) is 17.4. The van der Waals surface area contributed by atoms with E-state index in [-0.39, 0.29) is 0 Å². The Morgan fingerprint density at radius 1 is 1.25 bits per heavy atom. The van der Waals surface area contributed by atoms with Gasteiger partial charge in [0.1, 0.15) is 5.75 Å². The number of benzene rings is 2. The molecule has 0 saturated heterocycles. The molecule has 104 valence electrons. The highest BCUT2D eigenvalue weighted by Gasteiger charge is 2.21. The zero-order chi connectivity index (χ0) is 13.9. The Balaban J connectivity index is 1.73. The van der Waals surface area contributed by atoms with E-state index in [0.717, 1.165) is 34.4 Å². The molecule has 2 aromatic rings. The minimum Gasteiger partial charge on any atom is -0.493 e. The lowest BCUT2D eigenvalue weighted by Crippen LogP contribution is -2.15. The first-order valence-corrected chi connectivity index (χ1v) is 8.00. The topological polar surface area (TPSA) is 35.2 Å². The second-order valence-corrected chi connectivity index (χ2v) is 6.34. The maximum Gasteiger partial charge on any atom is 0.122 e. The van der Waals surface area contributed by atoms with Gasteiger partial charge in [0.2, 0.25) is 0 Å². The van der Waals surface area contributed by atoms with Crippen molar-refractivity contribution in [3.8, 4) is 5.75 Å². The molecule has 1 heterocycles.